The quantitative estimate of drug-likeness (QED) is 0.827. The van der Waals surface area contributed by atoms with Crippen molar-refractivity contribution in [2.24, 2.45) is 5.73 Å². The minimum Gasteiger partial charge on any atom is -0.354 e. The third-order valence-electron chi connectivity index (χ3n) is 3.04. The van der Waals surface area contributed by atoms with E-state index in [9.17, 15) is 0 Å². The van der Waals surface area contributed by atoms with Gasteiger partial charge in [-0.25, -0.2) is 4.98 Å². The molecule has 1 aliphatic rings. The van der Waals surface area contributed by atoms with Crippen LogP contribution < -0.4 is 10.6 Å². The molecular weight excluding hydrogens is 198 g/mol. The van der Waals surface area contributed by atoms with E-state index in [1.54, 1.807) is 0 Å². The highest BCUT2D eigenvalue weighted by Crippen LogP contribution is 2.30. The Morgan fingerprint density at radius 2 is 2.25 bits per heavy atom. The molecule has 1 aliphatic carbocycles. The first-order valence-electron chi connectivity index (χ1n) is 6.20. The highest BCUT2D eigenvalue weighted by molar-refractivity contribution is 5.42. The Balaban J connectivity index is 2.11. The van der Waals surface area contributed by atoms with E-state index in [2.05, 4.69) is 28.9 Å². The third kappa shape index (κ3) is 2.53. The Kier molecular flexibility index (Phi) is 3.44. The molecule has 1 saturated carbocycles. The van der Waals surface area contributed by atoms with Crippen molar-refractivity contribution in [3.8, 4) is 0 Å². The highest BCUT2D eigenvalue weighted by Gasteiger charge is 2.29. The van der Waals surface area contributed by atoms with Gasteiger partial charge in [0.25, 0.3) is 0 Å². The van der Waals surface area contributed by atoms with Gasteiger partial charge in [-0.3, -0.25) is 0 Å². The molecule has 1 aromatic rings. The number of nitrogens with two attached hydrogens (primary N) is 1. The fraction of sp³-hybridized carbons (Fsp3) is 0.615. The molecule has 1 heterocycles. The fourth-order valence-corrected chi connectivity index (χ4v) is 1.95. The van der Waals surface area contributed by atoms with Crippen LogP contribution >= 0.6 is 0 Å². The molecule has 3 heteroatoms. The van der Waals surface area contributed by atoms with E-state index in [1.165, 1.54) is 19.3 Å². The van der Waals surface area contributed by atoms with Crippen molar-refractivity contribution in [2.75, 3.05) is 11.4 Å². The van der Waals surface area contributed by atoms with E-state index in [0.29, 0.717) is 0 Å². The normalized spacial score (nSPS) is 17.2. The fourth-order valence-electron chi connectivity index (χ4n) is 1.95. The lowest BCUT2D eigenvalue weighted by atomic mass is 10.1. The van der Waals surface area contributed by atoms with Gasteiger partial charge in [-0.05, 0) is 37.8 Å². The average molecular weight is 219 g/mol. The summed E-state index contributed by atoms with van der Waals surface area (Å²) < 4.78 is 0. The lowest BCUT2D eigenvalue weighted by Crippen LogP contribution is -2.27. The number of rotatable bonds is 5. The van der Waals surface area contributed by atoms with Crippen molar-refractivity contribution in [3.05, 3.63) is 23.9 Å². The van der Waals surface area contributed by atoms with Crippen molar-refractivity contribution in [1.29, 1.82) is 0 Å². The smallest absolute Gasteiger partial charge is 0.128 e. The van der Waals surface area contributed by atoms with Crippen LogP contribution in [0, 0.1) is 0 Å². The second-order valence-electron chi connectivity index (χ2n) is 4.66. The SMILES string of the molecule is CCCN(c1ccc(C(C)N)cn1)C1CC1. The lowest BCUT2D eigenvalue weighted by molar-refractivity contribution is 0.746. The van der Waals surface area contributed by atoms with Crippen LogP contribution in [0.4, 0.5) is 5.82 Å². The molecule has 0 aliphatic heterocycles. The van der Waals surface area contributed by atoms with Crippen LogP contribution in [0.25, 0.3) is 0 Å². The highest BCUT2D eigenvalue weighted by atomic mass is 15.2. The first kappa shape index (κ1) is 11.4. The summed E-state index contributed by atoms with van der Waals surface area (Å²) in [4.78, 5) is 6.95. The number of hydrogen-bond acceptors (Lipinski definition) is 3. The van der Waals surface area contributed by atoms with Crippen molar-refractivity contribution >= 4 is 5.82 Å². The molecule has 0 radical (unpaired) electrons. The Morgan fingerprint density at radius 3 is 2.69 bits per heavy atom. The van der Waals surface area contributed by atoms with E-state index in [4.69, 9.17) is 5.73 Å². The van der Waals surface area contributed by atoms with E-state index in [0.717, 1.165) is 24.0 Å². The van der Waals surface area contributed by atoms with Crippen LogP contribution in [-0.4, -0.2) is 17.6 Å². The summed E-state index contributed by atoms with van der Waals surface area (Å²) in [7, 11) is 0. The average Bonchev–Trinajstić information content (AvgIpc) is 3.10. The first-order valence-corrected chi connectivity index (χ1v) is 6.20. The molecule has 0 amide bonds. The van der Waals surface area contributed by atoms with Gasteiger partial charge in [-0.1, -0.05) is 13.0 Å². The molecule has 0 bridgehead atoms. The zero-order chi connectivity index (χ0) is 11.5. The Morgan fingerprint density at radius 1 is 1.50 bits per heavy atom. The molecule has 2 N–H and O–H groups in total. The van der Waals surface area contributed by atoms with Crippen molar-refractivity contribution in [2.45, 2.75) is 45.2 Å². The van der Waals surface area contributed by atoms with Gasteiger partial charge in [0, 0.05) is 24.8 Å². The summed E-state index contributed by atoms with van der Waals surface area (Å²) in [5.41, 5.74) is 6.92. The summed E-state index contributed by atoms with van der Waals surface area (Å²) in [6.07, 6.45) is 5.71. The van der Waals surface area contributed by atoms with Crippen LogP contribution in [0.3, 0.4) is 0 Å². The Labute approximate surface area is 97.7 Å². The first-order chi connectivity index (χ1) is 7.72. The largest absolute Gasteiger partial charge is 0.354 e. The van der Waals surface area contributed by atoms with E-state index in [1.807, 2.05) is 13.1 Å². The van der Waals surface area contributed by atoms with Gasteiger partial charge in [0.2, 0.25) is 0 Å². The van der Waals surface area contributed by atoms with E-state index >= 15 is 0 Å². The minimum absolute atomic E-state index is 0.0714. The number of anilines is 1. The van der Waals surface area contributed by atoms with Crippen LogP contribution in [0.5, 0.6) is 0 Å². The second kappa shape index (κ2) is 4.83. The van der Waals surface area contributed by atoms with Gasteiger partial charge in [-0.2, -0.15) is 0 Å². The molecule has 1 atom stereocenters. The Hall–Kier alpha value is -1.09. The molecule has 3 nitrogen and oxygen atoms in total. The summed E-state index contributed by atoms with van der Waals surface area (Å²) >= 11 is 0. The third-order valence-corrected chi connectivity index (χ3v) is 3.04. The molecule has 16 heavy (non-hydrogen) atoms. The maximum atomic E-state index is 5.82. The van der Waals surface area contributed by atoms with Gasteiger partial charge < -0.3 is 10.6 Å². The monoisotopic (exact) mass is 219 g/mol. The standard InChI is InChI=1S/C13H21N3/c1-3-8-16(12-5-6-12)13-7-4-11(9-15-13)10(2)14/h4,7,9-10,12H,3,5-6,8,14H2,1-2H3. The van der Waals surface area contributed by atoms with Crippen molar-refractivity contribution < 1.29 is 0 Å². The van der Waals surface area contributed by atoms with Crippen molar-refractivity contribution in [1.82, 2.24) is 4.98 Å². The maximum Gasteiger partial charge on any atom is 0.128 e. The van der Waals surface area contributed by atoms with Gasteiger partial charge in [0.15, 0.2) is 0 Å². The maximum absolute atomic E-state index is 5.82. The van der Waals surface area contributed by atoms with E-state index in [-0.39, 0.29) is 6.04 Å². The van der Waals surface area contributed by atoms with Crippen LogP contribution in [0.2, 0.25) is 0 Å². The predicted molar refractivity (Wildman–Crippen MR) is 67.5 cm³/mol. The zero-order valence-electron chi connectivity index (χ0n) is 10.2. The zero-order valence-corrected chi connectivity index (χ0v) is 10.2. The topological polar surface area (TPSA) is 42.1 Å². The predicted octanol–water partition coefficient (Wildman–Crippen LogP) is 2.48. The molecular formula is C13H21N3. The molecule has 0 aromatic carbocycles. The van der Waals surface area contributed by atoms with Crippen LogP contribution in [-0.2, 0) is 0 Å². The summed E-state index contributed by atoms with van der Waals surface area (Å²) in [5.74, 6) is 1.11. The summed E-state index contributed by atoms with van der Waals surface area (Å²) in [6, 6.07) is 5.00. The summed E-state index contributed by atoms with van der Waals surface area (Å²) in [6.45, 7) is 5.31. The lowest BCUT2D eigenvalue weighted by Gasteiger charge is -2.23. The van der Waals surface area contributed by atoms with Crippen molar-refractivity contribution in [3.63, 3.8) is 0 Å². The van der Waals surface area contributed by atoms with Crippen LogP contribution in [0.15, 0.2) is 18.3 Å². The number of hydrogen-bond donors (Lipinski definition) is 1. The van der Waals surface area contributed by atoms with E-state index < -0.39 is 0 Å². The second-order valence-corrected chi connectivity index (χ2v) is 4.66. The minimum atomic E-state index is 0.0714. The van der Waals surface area contributed by atoms with Gasteiger partial charge in [-0.15, -0.1) is 0 Å². The molecule has 0 spiro atoms. The van der Waals surface area contributed by atoms with Gasteiger partial charge >= 0.3 is 0 Å². The molecule has 1 aromatic heterocycles. The molecule has 0 saturated heterocycles. The molecule has 1 fully saturated rings. The molecule has 1 unspecified atom stereocenters. The van der Waals surface area contributed by atoms with Gasteiger partial charge in [0.1, 0.15) is 5.82 Å². The summed E-state index contributed by atoms with van der Waals surface area (Å²) in [5, 5.41) is 0. The number of aromatic nitrogens is 1. The number of pyridine rings is 1. The van der Waals surface area contributed by atoms with Gasteiger partial charge in [0.05, 0.1) is 0 Å². The Bertz CT molecular complexity index is 328. The molecule has 2 rings (SSSR count). The molecule has 88 valence electrons. The number of nitrogens with zero attached hydrogens (tertiary/aromatic N) is 2. The van der Waals surface area contributed by atoms with Crippen LogP contribution in [0.1, 0.15) is 44.7 Å².